The van der Waals surface area contributed by atoms with Crippen molar-refractivity contribution < 1.29 is 29.0 Å². The molecule has 8 heteroatoms. The summed E-state index contributed by atoms with van der Waals surface area (Å²) in [4.78, 5) is 38.4. The van der Waals surface area contributed by atoms with Gasteiger partial charge >= 0.3 is 17.9 Å². The molecule has 230 valence electrons. The lowest BCUT2D eigenvalue weighted by Crippen LogP contribution is -2.45. The minimum absolute atomic E-state index is 0.0758. The Hall–Kier alpha value is -4.95. The van der Waals surface area contributed by atoms with E-state index in [0.29, 0.717) is 0 Å². The van der Waals surface area contributed by atoms with Crippen molar-refractivity contribution in [3.05, 3.63) is 130 Å². The van der Waals surface area contributed by atoms with Gasteiger partial charge in [0.05, 0.1) is 6.54 Å². The fraction of sp³-hybridized carbons (Fsp3) is 0.270. The molecule has 0 aromatic heterocycles. The second-order valence-corrected chi connectivity index (χ2v) is 12.2. The van der Waals surface area contributed by atoms with Gasteiger partial charge < -0.3 is 24.4 Å². The third-order valence-corrected chi connectivity index (χ3v) is 8.60. The van der Waals surface area contributed by atoms with Crippen molar-refractivity contribution in [3.63, 3.8) is 0 Å². The number of aliphatic hydroxyl groups is 1. The maximum atomic E-state index is 11.7. The highest BCUT2D eigenvalue weighted by atomic mass is 16.6. The summed E-state index contributed by atoms with van der Waals surface area (Å²) >= 11 is 0. The summed E-state index contributed by atoms with van der Waals surface area (Å²) in [5.74, 6) is -1.47. The zero-order valence-corrected chi connectivity index (χ0v) is 25.4. The topological polar surface area (TPSA) is 96.4 Å². The van der Waals surface area contributed by atoms with Gasteiger partial charge in [-0.2, -0.15) is 0 Å². The number of morpholine rings is 2. The van der Waals surface area contributed by atoms with Crippen LogP contribution in [0.2, 0.25) is 0 Å². The summed E-state index contributed by atoms with van der Waals surface area (Å²) < 4.78 is 9.43. The van der Waals surface area contributed by atoms with Crippen LogP contribution in [0.1, 0.15) is 47.2 Å². The van der Waals surface area contributed by atoms with E-state index in [9.17, 15) is 19.5 Å². The van der Waals surface area contributed by atoms with Crippen molar-refractivity contribution in [2.75, 3.05) is 36.0 Å². The van der Waals surface area contributed by atoms with E-state index in [2.05, 4.69) is 79.2 Å². The lowest BCUT2D eigenvalue weighted by atomic mass is 9.77. The van der Waals surface area contributed by atoms with Gasteiger partial charge in [-0.3, -0.25) is 4.79 Å². The van der Waals surface area contributed by atoms with E-state index in [4.69, 9.17) is 4.74 Å². The van der Waals surface area contributed by atoms with Crippen LogP contribution < -0.4 is 9.80 Å². The first kappa shape index (κ1) is 30.1. The summed E-state index contributed by atoms with van der Waals surface area (Å²) in [6, 6.07) is 33.6. The molecule has 0 amide bonds. The third-order valence-electron chi connectivity index (χ3n) is 8.60. The number of β-amino-alcohol motifs (C(OH)–C–C–N with tert-alkyl or cyclic N) is 1. The Bertz CT molecular complexity index is 1660. The number of rotatable bonds is 8. The van der Waals surface area contributed by atoms with Crippen molar-refractivity contribution in [1.29, 1.82) is 0 Å². The van der Waals surface area contributed by atoms with E-state index in [1.54, 1.807) is 4.90 Å². The predicted molar refractivity (Wildman–Crippen MR) is 171 cm³/mol. The number of hydrogen-bond acceptors (Lipinski definition) is 8. The number of cyclic esters (lactones) is 3. The third kappa shape index (κ3) is 7.07. The normalized spacial score (nSPS) is 17.2. The smallest absolute Gasteiger partial charge is 0.333 e. The van der Waals surface area contributed by atoms with Crippen LogP contribution in [0, 0.1) is 0 Å². The highest BCUT2D eigenvalue weighted by molar-refractivity contribution is 5.94. The quantitative estimate of drug-likeness (QED) is 0.227. The fourth-order valence-electron chi connectivity index (χ4n) is 5.94. The van der Waals surface area contributed by atoms with Crippen molar-refractivity contribution in [2.24, 2.45) is 0 Å². The number of benzene rings is 4. The highest BCUT2D eigenvalue weighted by Crippen LogP contribution is 2.32. The van der Waals surface area contributed by atoms with Crippen LogP contribution in [0.3, 0.4) is 0 Å². The van der Waals surface area contributed by atoms with Gasteiger partial charge in [-0.05, 0) is 70.5 Å². The van der Waals surface area contributed by atoms with Crippen LogP contribution in [-0.2, 0) is 42.1 Å². The molecule has 0 bridgehead atoms. The molecule has 2 saturated heterocycles. The molecule has 1 N–H and O–H groups in total. The second-order valence-electron chi connectivity index (χ2n) is 12.2. The van der Waals surface area contributed by atoms with E-state index >= 15 is 0 Å². The predicted octanol–water partition coefficient (Wildman–Crippen LogP) is 4.77. The molecule has 0 saturated carbocycles. The number of aliphatic hydroxyl groups excluding tert-OH is 1. The van der Waals surface area contributed by atoms with E-state index in [1.165, 1.54) is 27.8 Å². The maximum absolute atomic E-state index is 11.7. The number of esters is 3. The summed E-state index contributed by atoms with van der Waals surface area (Å²) in [5.41, 5.74) is 8.75. The fourth-order valence-corrected chi connectivity index (χ4v) is 5.94. The monoisotopic (exact) mass is 604 g/mol. The molecular weight excluding hydrogens is 568 g/mol. The Labute approximate surface area is 262 Å². The molecule has 2 fully saturated rings. The lowest BCUT2D eigenvalue weighted by Gasteiger charge is -2.30. The average molecular weight is 605 g/mol. The first-order chi connectivity index (χ1) is 21.6. The van der Waals surface area contributed by atoms with Crippen LogP contribution in [0.15, 0.2) is 97.1 Å². The number of carbonyl (C=O) groups excluding carboxylic acids is 3. The first-order valence-corrected chi connectivity index (χ1v) is 15.1. The highest BCUT2D eigenvalue weighted by Gasteiger charge is 2.26. The van der Waals surface area contributed by atoms with Crippen molar-refractivity contribution in [3.8, 4) is 0 Å². The molecule has 4 aromatic rings. The summed E-state index contributed by atoms with van der Waals surface area (Å²) in [5, 5.41) is 9.73. The molecule has 6 rings (SSSR count). The molecule has 2 aliphatic heterocycles. The molecule has 0 radical (unpaired) electrons. The largest absolute Gasteiger partial charge is 0.433 e. The molecule has 1 unspecified atom stereocenters. The SMILES string of the molecule is CC(C)(c1ccc(Cc2ccc(N3CC(=O)OC(=O)C3)cc2)cc1)c1ccc(Cc2ccc(N3CC(=O)OC(O)C3)cc2)cc1. The minimum atomic E-state index is -1.10. The second kappa shape index (κ2) is 12.6. The molecule has 1 atom stereocenters. The molecule has 2 aliphatic rings. The molecule has 45 heavy (non-hydrogen) atoms. The Morgan fingerprint density at radius 3 is 1.40 bits per heavy atom. The average Bonchev–Trinajstić information content (AvgIpc) is 3.01. The first-order valence-electron chi connectivity index (χ1n) is 15.1. The Morgan fingerprint density at radius 1 is 0.600 bits per heavy atom. The molecule has 0 aliphatic carbocycles. The molecule has 2 heterocycles. The molecule has 8 nitrogen and oxygen atoms in total. The summed E-state index contributed by atoms with van der Waals surface area (Å²) in [6.45, 7) is 5.03. The Morgan fingerprint density at radius 2 is 0.978 bits per heavy atom. The number of anilines is 2. The number of ether oxygens (including phenoxy) is 2. The minimum Gasteiger partial charge on any atom is -0.433 e. The van der Waals surface area contributed by atoms with Crippen LogP contribution >= 0.6 is 0 Å². The van der Waals surface area contributed by atoms with Gasteiger partial charge in [-0.25, -0.2) is 9.59 Å². The van der Waals surface area contributed by atoms with E-state index < -0.39 is 24.2 Å². The molecule has 4 aromatic carbocycles. The van der Waals surface area contributed by atoms with Crippen LogP contribution in [0.25, 0.3) is 0 Å². The molecular formula is C37H36N2O6. The van der Waals surface area contributed by atoms with Crippen LogP contribution in [0.4, 0.5) is 11.4 Å². The van der Waals surface area contributed by atoms with Crippen molar-refractivity contribution >= 4 is 29.3 Å². The van der Waals surface area contributed by atoms with Gasteiger partial charge in [0.2, 0.25) is 6.29 Å². The van der Waals surface area contributed by atoms with E-state index in [1.807, 2.05) is 41.3 Å². The van der Waals surface area contributed by atoms with Gasteiger partial charge in [0.1, 0.15) is 19.6 Å². The van der Waals surface area contributed by atoms with Gasteiger partial charge in [-0.15, -0.1) is 0 Å². The van der Waals surface area contributed by atoms with Crippen molar-refractivity contribution in [2.45, 2.75) is 38.4 Å². The van der Waals surface area contributed by atoms with Gasteiger partial charge in [0.25, 0.3) is 0 Å². The van der Waals surface area contributed by atoms with Crippen molar-refractivity contribution in [1.82, 2.24) is 0 Å². The van der Waals surface area contributed by atoms with Gasteiger partial charge in [0.15, 0.2) is 0 Å². The zero-order valence-electron chi connectivity index (χ0n) is 25.4. The van der Waals surface area contributed by atoms with E-state index in [-0.39, 0.29) is 31.6 Å². The number of carbonyl (C=O) groups is 3. The Kier molecular flexibility index (Phi) is 8.41. The van der Waals surface area contributed by atoms with E-state index in [0.717, 1.165) is 29.8 Å². The number of hydrogen-bond donors (Lipinski definition) is 1. The van der Waals surface area contributed by atoms with Crippen LogP contribution in [0.5, 0.6) is 0 Å². The molecule has 0 spiro atoms. The zero-order chi connectivity index (χ0) is 31.6. The maximum Gasteiger partial charge on any atom is 0.333 e. The van der Waals surface area contributed by atoms with Gasteiger partial charge in [-0.1, -0.05) is 86.6 Å². The Balaban J connectivity index is 1.06. The summed E-state index contributed by atoms with van der Waals surface area (Å²) in [7, 11) is 0. The summed E-state index contributed by atoms with van der Waals surface area (Å²) in [6.07, 6.45) is 0.482. The lowest BCUT2D eigenvalue weighted by molar-refractivity contribution is -0.169. The standard InChI is InChI=1S/C37H36N2O6/c1-37(2,29-11-3-25(4-12-29)19-27-7-15-31(16-8-27)38-21-33(40)44-34(41)22-38)30-13-5-26(6-14-30)20-28-9-17-32(18-10-28)39-23-35(42)45-36(43)24-39/h3-18,33,40H,19-24H2,1-2H3. The number of nitrogens with zero attached hydrogens (tertiary/aromatic N) is 2. The van der Waals surface area contributed by atoms with Crippen LogP contribution in [-0.4, -0.2) is 55.5 Å². The van der Waals surface area contributed by atoms with Gasteiger partial charge in [0, 0.05) is 16.8 Å².